The molecule has 2 aliphatic rings. The topological polar surface area (TPSA) is 81.6 Å². The molecular weight excluding hydrogens is 354 g/mol. The molecule has 2 heterocycles. The number of aliphatic hydroxyl groups is 1. The molecule has 0 unspecified atom stereocenters. The Kier molecular flexibility index (Phi) is 6.55. The molecule has 1 aliphatic heterocycles. The summed E-state index contributed by atoms with van der Waals surface area (Å²) in [5.41, 5.74) is 0.552. The molecule has 1 saturated carbocycles. The smallest absolute Gasteiger partial charge is 0.217 e. The first-order valence-electron chi connectivity index (χ1n) is 10.5. The summed E-state index contributed by atoms with van der Waals surface area (Å²) < 4.78 is 0. The number of nitrogens with one attached hydrogen (secondary N) is 1. The van der Waals surface area contributed by atoms with Gasteiger partial charge in [-0.15, -0.1) is 0 Å². The third kappa shape index (κ3) is 5.41. The molecule has 2 N–H and O–H groups in total. The lowest BCUT2D eigenvalue weighted by Gasteiger charge is -2.39. The van der Waals surface area contributed by atoms with Crippen molar-refractivity contribution in [1.29, 1.82) is 0 Å². The van der Waals surface area contributed by atoms with Crippen molar-refractivity contribution in [1.82, 2.24) is 20.2 Å². The fraction of sp³-hybridized carbons (Fsp3) is 0.762. The Bertz CT molecular complexity index is 674. The minimum absolute atomic E-state index is 0.0561. The fourth-order valence-electron chi connectivity index (χ4n) is 4.00. The quantitative estimate of drug-likeness (QED) is 0.771. The monoisotopic (exact) mass is 389 g/mol. The van der Waals surface area contributed by atoms with Crippen molar-refractivity contribution in [3.05, 3.63) is 17.6 Å². The zero-order valence-corrected chi connectivity index (χ0v) is 17.7. The van der Waals surface area contributed by atoms with Gasteiger partial charge >= 0.3 is 0 Å². The van der Waals surface area contributed by atoms with E-state index in [0.717, 1.165) is 63.1 Å². The summed E-state index contributed by atoms with van der Waals surface area (Å²) in [6.07, 6.45) is 3.46. The van der Waals surface area contributed by atoms with Gasteiger partial charge in [-0.25, -0.2) is 9.97 Å². The Morgan fingerprint density at radius 3 is 2.46 bits per heavy atom. The molecule has 3 rings (SSSR count). The van der Waals surface area contributed by atoms with E-state index >= 15 is 0 Å². The van der Waals surface area contributed by atoms with Crippen molar-refractivity contribution in [2.75, 3.05) is 37.6 Å². The van der Waals surface area contributed by atoms with Crippen molar-refractivity contribution in [2.24, 2.45) is 5.92 Å². The molecule has 1 saturated heterocycles. The average Bonchev–Trinajstić information content (AvgIpc) is 2.62. The van der Waals surface area contributed by atoms with Crippen LogP contribution in [0.25, 0.3) is 0 Å². The summed E-state index contributed by atoms with van der Waals surface area (Å²) in [6, 6.07) is 2.32. The summed E-state index contributed by atoms with van der Waals surface area (Å²) in [5, 5.41) is 12.6. The van der Waals surface area contributed by atoms with Crippen LogP contribution >= 0.6 is 0 Å². The van der Waals surface area contributed by atoms with E-state index in [0.29, 0.717) is 11.7 Å². The molecule has 1 aliphatic carbocycles. The van der Waals surface area contributed by atoms with Crippen LogP contribution < -0.4 is 10.2 Å². The highest BCUT2D eigenvalue weighted by Gasteiger charge is 2.30. The number of carbonyl (C=O) groups excluding carboxylic acids is 1. The second kappa shape index (κ2) is 8.74. The predicted octanol–water partition coefficient (Wildman–Crippen LogP) is 1.69. The van der Waals surface area contributed by atoms with Gasteiger partial charge in [-0.1, -0.05) is 20.8 Å². The van der Waals surface area contributed by atoms with Crippen molar-refractivity contribution in [3.63, 3.8) is 0 Å². The largest absolute Gasteiger partial charge is 0.390 e. The molecule has 7 nitrogen and oxygen atoms in total. The van der Waals surface area contributed by atoms with E-state index < -0.39 is 0 Å². The van der Waals surface area contributed by atoms with Gasteiger partial charge in [0.1, 0.15) is 11.6 Å². The molecule has 0 aromatic carbocycles. The Morgan fingerprint density at radius 2 is 1.89 bits per heavy atom. The molecule has 1 aromatic heterocycles. The van der Waals surface area contributed by atoms with Gasteiger partial charge in [-0.05, 0) is 31.7 Å². The number of piperazine rings is 1. The van der Waals surface area contributed by atoms with Crippen molar-refractivity contribution in [2.45, 2.75) is 65.0 Å². The van der Waals surface area contributed by atoms with Gasteiger partial charge in [0.05, 0.1) is 12.3 Å². The van der Waals surface area contributed by atoms with Crippen LogP contribution in [0.3, 0.4) is 0 Å². The highest BCUT2D eigenvalue weighted by Crippen LogP contribution is 2.30. The molecule has 0 atom stereocenters. The third-order valence-corrected chi connectivity index (χ3v) is 5.79. The van der Waals surface area contributed by atoms with E-state index in [9.17, 15) is 9.90 Å². The van der Waals surface area contributed by atoms with Gasteiger partial charge in [-0.2, -0.15) is 0 Å². The minimum atomic E-state index is -0.139. The van der Waals surface area contributed by atoms with Crippen molar-refractivity contribution < 1.29 is 9.90 Å². The van der Waals surface area contributed by atoms with E-state index in [2.05, 4.69) is 40.9 Å². The molecule has 0 spiro atoms. The molecule has 156 valence electrons. The predicted molar refractivity (Wildman–Crippen MR) is 110 cm³/mol. The van der Waals surface area contributed by atoms with Gasteiger partial charge in [0, 0.05) is 50.6 Å². The lowest BCUT2D eigenvalue weighted by atomic mass is 9.78. The standard InChI is InChI=1S/C21H35N5O2/c1-15(28)22-17-11-16(12-17)5-6-25-7-9-26(10-8-25)19-13-18(14-27)23-20(24-19)21(2,3)4/h13,16-17,27H,5-12,14H2,1-4H3,(H,22,28). The normalized spacial score (nSPS) is 23.4. The number of anilines is 1. The number of hydrogen-bond donors (Lipinski definition) is 2. The van der Waals surface area contributed by atoms with E-state index in [1.807, 2.05) is 6.07 Å². The van der Waals surface area contributed by atoms with Gasteiger partial charge in [0.25, 0.3) is 0 Å². The Labute approximate surface area is 168 Å². The molecular formula is C21H35N5O2. The maximum absolute atomic E-state index is 11.1. The molecule has 0 radical (unpaired) electrons. The van der Waals surface area contributed by atoms with Gasteiger partial charge < -0.3 is 15.3 Å². The van der Waals surface area contributed by atoms with Crippen LogP contribution in [0.4, 0.5) is 5.82 Å². The Hall–Kier alpha value is -1.73. The SMILES string of the molecule is CC(=O)NC1CC(CCN2CCN(c3cc(CO)nc(C(C)(C)C)n3)CC2)C1. The summed E-state index contributed by atoms with van der Waals surface area (Å²) in [4.78, 5) is 25.2. The zero-order valence-electron chi connectivity index (χ0n) is 17.7. The molecule has 0 bridgehead atoms. The number of aromatic nitrogens is 2. The highest BCUT2D eigenvalue weighted by atomic mass is 16.3. The number of nitrogens with zero attached hydrogens (tertiary/aromatic N) is 4. The molecule has 1 amide bonds. The maximum Gasteiger partial charge on any atom is 0.217 e. The number of aliphatic hydroxyl groups excluding tert-OH is 1. The summed E-state index contributed by atoms with van der Waals surface area (Å²) in [7, 11) is 0. The average molecular weight is 390 g/mol. The van der Waals surface area contributed by atoms with Crippen molar-refractivity contribution >= 4 is 11.7 Å². The fourth-order valence-corrected chi connectivity index (χ4v) is 4.00. The third-order valence-electron chi connectivity index (χ3n) is 5.79. The summed E-state index contributed by atoms with van der Waals surface area (Å²) >= 11 is 0. The number of carbonyl (C=O) groups is 1. The minimum Gasteiger partial charge on any atom is -0.390 e. The van der Waals surface area contributed by atoms with Crippen LogP contribution in [-0.4, -0.2) is 64.6 Å². The van der Waals surface area contributed by atoms with Crippen LogP contribution in [0.5, 0.6) is 0 Å². The van der Waals surface area contributed by atoms with Gasteiger partial charge in [0.15, 0.2) is 0 Å². The highest BCUT2D eigenvalue weighted by molar-refractivity contribution is 5.73. The molecule has 1 aromatic rings. The zero-order chi connectivity index (χ0) is 20.3. The van der Waals surface area contributed by atoms with Crippen molar-refractivity contribution in [3.8, 4) is 0 Å². The second-order valence-electron chi connectivity index (χ2n) is 9.30. The van der Waals surface area contributed by atoms with Crippen LogP contribution in [0.15, 0.2) is 6.07 Å². The summed E-state index contributed by atoms with van der Waals surface area (Å²) in [6.45, 7) is 12.9. The molecule has 7 heteroatoms. The Morgan fingerprint density at radius 1 is 1.21 bits per heavy atom. The van der Waals surface area contributed by atoms with Crippen LogP contribution in [0.1, 0.15) is 58.5 Å². The first kappa shape index (κ1) is 21.0. The lowest BCUT2D eigenvalue weighted by molar-refractivity contribution is -0.120. The first-order chi connectivity index (χ1) is 13.2. The van der Waals surface area contributed by atoms with Crippen LogP contribution in [0.2, 0.25) is 0 Å². The van der Waals surface area contributed by atoms with E-state index in [4.69, 9.17) is 4.98 Å². The van der Waals surface area contributed by atoms with Crippen LogP contribution in [0, 0.1) is 5.92 Å². The first-order valence-corrected chi connectivity index (χ1v) is 10.5. The van der Waals surface area contributed by atoms with E-state index in [1.165, 1.54) is 6.42 Å². The van der Waals surface area contributed by atoms with Gasteiger partial charge in [0.2, 0.25) is 5.91 Å². The summed E-state index contributed by atoms with van der Waals surface area (Å²) in [5.74, 6) is 2.55. The second-order valence-corrected chi connectivity index (χ2v) is 9.30. The van der Waals surface area contributed by atoms with Gasteiger partial charge in [-0.3, -0.25) is 9.69 Å². The Balaban J connectivity index is 1.47. The van der Waals surface area contributed by atoms with E-state index in [-0.39, 0.29) is 17.9 Å². The van der Waals surface area contributed by atoms with E-state index in [1.54, 1.807) is 6.92 Å². The lowest BCUT2D eigenvalue weighted by Crippen LogP contribution is -2.48. The number of amides is 1. The number of hydrogen-bond acceptors (Lipinski definition) is 6. The number of rotatable bonds is 6. The van der Waals surface area contributed by atoms with Crippen LogP contribution in [-0.2, 0) is 16.8 Å². The molecule has 28 heavy (non-hydrogen) atoms. The maximum atomic E-state index is 11.1. The molecule has 2 fully saturated rings.